The van der Waals surface area contributed by atoms with Crippen LogP contribution in [-0.4, -0.2) is 9.49 Å². The maximum absolute atomic E-state index is 10.7. The van der Waals surface area contributed by atoms with Crippen molar-refractivity contribution in [2.75, 3.05) is 0 Å². The van der Waals surface area contributed by atoms with E-state index < -0.39 is 0 Å². The second kappa shape index (κ2) is 4.05. The van der Waals surface area contributed by atoms with Gasteiger partial charge in [0.25, 0.3) is 0 Å². The lowest BCUT2D eigenvalue weighted by Crippen LogP contribution is -1.97. The Morgan fingerprint density at radius 2 is 2.06 bits per heavy atom. The molecule has 0 aliphatic rings. The first-order valence-corrected chi connectivity index (χ1v) is 5.39. The minimum absolute atomic E-state index is 0.152. The van der Waals surface area contributed by atoms with Crippen LogP contribution in [0.3, 0.4) is 0 Å². The van der Waals surface area contributed by atoms with Gasteiger partial charge in [0.2, 0.25) is 5.70 Å². The van der Waals surface area contributed by atoms with E-state index in [1.165, 1.54) is 6.92 Å². The number of hydrogen-bond donors (Lipinski definition) is 0. The van der Waals surface area contributed by atoms with E-state index in [4.69, 9.17) is 0 Å². The van der Waals surface area contributed by atoms with Gasteiger partial charge in [-0.3, -0.25) is 10.1 Å². The topological polar surface area (TPSA) is 48.1 Å². The van der Waals surface area contributed by atoms with Gasteiger partial charge >= 0.3 is 0 Å². The molecular weight excluding hydrogens is 216 g/mol. The Balaban J connectivity index is 2.71. The standard InChI is InChI=1S/C13H14N2O2/c1-9(15(16)17)8-13-10(2)11-6-4-5-7-12(11)14(13)3/h4-8H,1-3H3/b9-8-. The quantitative estimate of drug-likeness (QED) is 0.587. The van der Waals surface area contributed by atoms with Gasteiger partial charge in [-0.05, 0) is 18.6 Å². The third-order valence-electron chi connectivity index (χ3n) is 3.05. The molecule has 0 amide bonds. The van der Waals surface area contributed by atoms with E-state index in [1.54, 1.807) is 6.08 Å². The molecule has 0 bridgehead atoms. The Bertz CT molecular complexity index is 585. The predicted octanol–water partition coefficient (Wildman–Crippen LogP) is 3.12. The molecule has 2 aromatic rings. The first-order valence-electron chi connectivity index (χ1n) is 5.39. The van der Waals surface area contributed by atoms with Crippen LogP contribution in [-0.2, 0) is 7.05 Å². The molecular formula is C13H14N2O2. The van der Waals surface area contributed by atoms with Gasteiger partial charge in [0.1, 0.15) is 0 Å². The summed E-state index contributed by atoms with van der Waals surface area (Å²) in [4.78, 5) is 10.3. The zero-order chi connectivity index (χ0) is 12.6. The van der Waals surface area contributed by atoms with Gasteiger partial charge in [0.15, 0.2) is 0 Å². The normalized spacial score (nSPS) is 12.1. The number of fused-ring (bicyclic) bond motifs is 1. The van der Waals surface area contributed by atoms with Crippen molar-refractivity contribution in [3.8, 4) is 0 Å². The number of hydrogen-bond acceptors (Lipinski definition) is 2. The Labute approximate surface area is 99.3 Å². The molecule has 4 heteroatoms. The molecule has 0 unspecified atom stereocenters. The van der Waals surface area contributed by atoms with Crippen LogP contribution in [0.2, 0.25) is 0 Å². The molecule has 0 radical (unpaired) electrons. The summed E-state index contributed by atoms with van der Waals surface area (Å²) >= 11 is 0. The third-order valence-corrected chi connectivity index (χ3v) is 3.05. The summed E-state index contributed by atoms with van der Waals surface area (Å²) in [5.74, 6) is 0. The lowest BCUT2D eigenvalue weighted by atomic mass is 10.1. The molecule has 1 heterocycles. The lowest BCUT2D eigenvalue weighted by Gasteiger charge is -1.99. The number of allylic oxidation sites excluding steroid dienone is 1. The van der Waals surface area contributed by atoms with Crippen LogP contribution in [0.4, 0.5) is 0 Å². The molecule has 88 valence electrons. The predicted molar refractivity (Wildman–Crippen MR) is 68.3 cm³/mol. The first-order chi connectivity index (χ1) is 8.02. The fourth-order valence-electron chi connectivity index (χ4n) is 2.06. The van der Waals surface area contributed by atoms with Gasteiger partial charge in [-0.25, -0.2) is 0 Å². The highest BCUT2D eigenvalue weighted by Crippen LogP contribution is 2.25. The number of aromatic nitrogens is 1. The maximum atomic E-state index is 10.7. The molecule has 0 N–H and O–H groups in total. The summed E-state index contributed by atoms with van der Waals surface area (Å²) in [6, 6.07) is 7.99. The number of nitro groups is 1. The maximum Gasteiger partial charge on any atom is 0.245 e. The summed E-state index contributed by atoms with van der Waals surface area (Å²) in [5.41, 5.74) is 3.20. The van der Waals surface area contributed by atoms with Crippen molar-refractivity contribution in [2.45, 2.75) is 13.8 Å². The van der Waals surface area contributed by atoms with Gasteiger partial charge in [-0.1, -0.05) is 18.2 Å². The average molecular weight is 230 g/mol. The van der Waals surface area contributed by atoms with Crippen LogP contribution in [0.15, 0.2) is 30.0 Å². The summed E-state index contributed by atoms with van der Waals surface area (Å²) in [6.45, 7) is 3.50. The average Bonchev–Trinajstić information content (AvgIpc) is 2.55. The SMILES string of the molecule is C/C(=C/c1c(C)c2ccccc2n1C)[N+](=O)[O-]. The van der Waals surface area contributed by atoms with E-state index in [-0.39, 0.29) is 10.6 Å². The zero-order valence-electron chi connectivity index (χ0n) is 10.1. The number of aryl methyl sites for hydroxylation is 2. The second-order valence-electron chi connectivity index (χ2n) is 4.13. The Morgan fingerprint density at radius 3 is 2.65 bits per heavy atom. The first kappa shape index (κ1) is 11.4. The van der Waals surface area contributed by atoms with Crippen molar-refractivity contribution in [1.82, 2.24) is 4.57 Å². The van der Waals surface area contributed by atoms with Crippen LogP contribution in [0.1, 0.15) is 18.2 Å². The monoisotopic (exact) mass is 230 g/mol. The van der Waals surface area contributed by atoms with Crippen LogP contribution in [0.25, 0.3) is 17.0 Å². The van der Waals surface area contributed by atoms with E-state index in [9.17, 15) is 10.1 Å². The van der Waals surface area contributed by atoms with Crippen molar-refractivity contribution in [3.05, 3.63) is 51.3 Å². The lowest BCUT2D eigenvalue weighted by molar-refractivity contribution is -0.422. The summed E-state index contributed by atoms with van der Waals surface area (Å²) in [6.07, 6.45) is 1.62. The van der Waals surface area contributed by atoms with Crippen molar-refractivity contribution in [2.24, 2.45) is 7.05 Å². The van der Waals surface area contributed by atoms with Gasteiger partial charge in [0.05, 0.1) is 10.6 Å². The molecule has 17 heavy (non-hydrogen) atoms. The van der Waals surface area contributed by atoms with E-state index >= 15 is 0 Å². The van der Waals surface area contributed by atoms with Crippen LogP contribution >= 0.6 is 0 Å². The molecule has 0 aliphatic carbocycles. The molecule has 0 fully saturated rings. The fourth-order valence-corrected chi connectivity index (χ4v) is 2.06. The van der Waals surface area contributed by atoms with Gasteiger partial charge in [-0.2, -0.15) is 0 Å². The summed E-state index contributed by atoms with van der Waals surface area (Å²) < 4.78 is 1.98. The summed E-state index contributed by atoms with van der Waals surface area (Å²) in [7, 11) is 1.92. The van der Waals surface area contributed by atoms with Gasteiger partial charge < -0.3 is 4.57 Å². The molecule has 0 saturated carbocycles. The molecule has 1 aromatic heterocycles. The number of nitrogens with zero attached hydrogens (tertiary/aromatic N) is 2. The summed E-state index contributed by atoms with van der Waals surface area (Å²) in [5, 5.41) is 11.8. The van der Waals surface area contributed by atoms with Crippen molar-refractivity contribution in [3.63, 3.8) is 0 Å². The molecule has 2 rings (SSSR count). The van der Waals surface area contributed by atoms with E-state index in [2.05, 4.69) is 0 Å². The molecule has 0 spiro atoms. The molecule has 4 nitrogen and oxygen atoms in total. The van der Waals surface area contributed by atoms with Gasteiger partial charge in [0, 0.05) is 31.0 Å². The molecule has 1 aromatic carbocycles. The minimum Gasteiger partial charge on any atom is -0.344 e. The van der Waals surface area contributed by atoms with E-state index in [1.807, 2.05) is 42.8 Å². The van der Waals surface area contributed by atoms with Crippen molar-refractivity contribution >= 4 is 17.0 Å². The molecule has 0 atom stereocenters. The molecule has 0 saturated heterocycles. The zero-order valence-corrected chi connectivity index (χ0v) is 10.1. The molecule has 0 aliphatic heterocycles. The van der Waals surface area contributed by atoms with Crippen molar-refractivity contribution in [1.29, 1.82) is 0 Å². The Morgan fingerprint density at radius 1 is 1.41 bits per heavy atom. The number of para-hydroxylation sites is 1. The van der Waals surface area contributed by atoms with Crippen LogP contribution < -0.4 is 0 Å². The van der Waals surface area contributed by atoms with Crippen LogP contribution in [0, 0.1) is 17.0 Å². The third kappa shape index (κ3) is 1.82. The second-order valence-corrected chi connectivity index (χ2v) is 4.13. The Hall–Kier alpha value is -2.10. The van der Waals surface area contributed by atoms with Crippen LogP contribution in [0.5, 0.6) is 0 Å². The minimum atomic E-state index is -0.364. The highest BCUT2D eigenvalue weighted by molar-refractivity contribution is 5.87. The van der Waals surface area contributed by atoms with E-state index in [0.29, 0.717) is 0 Å². The fraction of sp³-hybridized carbons (Fsp3) is 0.231. The van der Waals surface area contributed by atoms with Crippen molar-refractivity contribution < 1.29 is 4.92 Å². The van der Waals surface area contributed by atoms with E-state index in [0.717, 1.165) is 22.2 Å². The highest BCUT2D eigenvalue weighted by Gasteiger charge is 2.12. The number of benzene rings is 1. The number of rotatable bonds is 2. The smallest absolute Gasteiger partial charge is 0.245 e. The Kier molecular flexibility index (Phi) is 2.71. The van der Waals surface area contributed by atoms with Gasteiger partial charge in [-0.15, -0.1) is 0 Å². The largest absolute Gasteiger partial charge is 0.344 e. The highest BCUT2D eigenvalue weighted by atomic mass is 16.6.